The van der Waals surface area contributed by atoms with Crippen molar-refractivity contribution in [3.8, 4) is 5.75 Å². The minimum absolute atomic E-state index is 0.323. The van der Waals surface area contributed by atoms with Crippen LogP contribution in [0, 0.1) is 19.8 Å². The molecule has 1 fully saturated rings. The van der Waals surface area contributed by atoms with E-state index in [2.05, 4.69) is 28.7 Å². The third kappa shape index (κ3) is 4.93. The van der Waals surface area contributed by atoms with E-state index in [9.17, 15) is 8.42 Å². The van der Waals surface area contributed by atoms with Crippen molar-refractivity contribution in [3.63, 3.8) is 0 Å². The van der Waals surface area contributed by atoms with Crippen LogP contribution in [0.2, 0.25) is 0 Å². The van der Waals surface area contributed by atoms with Crippen LogP contribution >= 0.6 is 0 Å². The lowest BCUT2D eigenvalue weighted by atomic mass is 9.99. The van der Waals surface area contributed by atoms with Gasteiger partial charge in [0.25, 0.3) is 0 Å². The Bertz CT molecular complexity index is 932. The predicted octanol–water partition coefficient (Wildman–Crippen LogP) is 4.59. The minimum atomic E-state index is -3.65. The first-order chi connectivity index (χ1) is 13.7. The highest BCUT2D eigenvalue weighted by molar-refractivity contribution is 7.89. The number of rotatable bonds is 6. The van der Waals surface area contributed by atoms with Crippen molar-refractivity contribution < 1.29 is 13.2 Å². The van der Waals surface area contributed by atoms with Gasteiger partial charge in [0.15, 0.2) is 0 Å². The van der Waals surface area contributed by atoms with Gasteiger partial charge >= 0.3 is 0 Å². The monoisotopic (exact) mass is 416 g/mol. The van der Waals surface area contributed by atoms with Gasteiger partial charge in [-0.15, -0.1) is 0 Å². The molecule has 2 aromatic carbocycles. The van der Waals surface area contributed by atoms with E-state index in [0.717, 1.165) is 18.7 Å². The highest BCUT2D eigenvalue weighted by Gasteiger charge is 2.23. The molecule has 1 saturated heterocycles. The molecule has 0 spiro atoms. The number of aryl methyl sites for hydroxylation is 2. The molecule has 0 aromatic heterocycles. The van der Waals surface area contributed by atoms with E-state index in [1.165, 1.54) is 18.5 Å². The van der Waals surface area contributed by atoms with Crippen molar-refractivity contribution in [2.75, 3.05) is 25.1 Å². The largest absolute Gasteiger partial charge is 0.497 e. The molecule has 2 aromatic rings. The number of nitrogens with zero attached hydrogens (tertiary/aromatic N) is 1. The number of ether oxygens (including phenoxy) is 1. The average molecular weight is 417 g/mol. The number of hydrogen-bond acceptors (Lipinski definition) is 4. The molecule has 0 radical (unpaired) electrons. The summed E-state index contributed by atoms with van der Waals surface area (Å²) < 4.78 is 34.2. The van der Waals surface area contributed by atoms with Crippen LogP contribution in [0.5, 0.6) is 5.75 Å². The number of methoxy groups -OCH3 is 1. The summed E-state index contributed by atoms with van der Waals surface area (Å²) in [5.41, 5.74) is 3.51. The SMILES string of the molecule is COc1cc(C)c(S(=O)(=O)NC(C)c2ccc(N3CCCC(C)C3)cc2)c(C)c1. The molecule has 2 unspecified atom stereocenters. The van der Waals surface area contributed by atoms with Crippen LogP contribution < -0.4 is 14.4 Å². The highest BCUT2D eigenvalue weighted by atomic mass is 32.2. The van der Waals surface area contributed by atoms with Gasteiger partial charge in [0.05, 0.1) is 12.0 Å². The Kier molecular flexibility index (Phi) is 6.54. The molecule has 1 N–H and O–H groups in total. The van der Waals surface area contributed by atoms with Gasteiger partial charge in [-0.05, 0) is 80.5 Å². The van der Waals surface area contributed by atoms with Gasteiger partial charge in [-0.1, -0.05) is 19.1 Å². The first-order valence-corrected chi connectivity index (χ1v) is 11.7. The maximum atomic E-state index is 13.0. The predicted molar refractivity (Wildman–Crippen MR) is 118 cm³/mol. The van der Waals surface area contributed by atoms with Crippen molar-refractivity contribution in [3.05, 3.63) is 53.1 Å². The third-order valence-corrected chi connectivity index (χ3v) is 7.53. The standard InChI is InChI=1S/C23H32N2O3S/c1-16-7-6-12-25(15-16)21-10-8-20(9-11-21)19(4)24-29(26,27)23-17(2)13-22(28-5)14-18(23)3/h8-11,13-14,16,19,24H,6-7,12,15H2,1-5H3. The van der Waals surface area contributed by atoms with Gasteiger partial charge in [0.2, 0.25) is 10.0 Å². The molecule has 1 heterocycles. The molecule has 0 aliphatic carbocycles. The Morgan fingerprint density at radius 1 is 1.14 bits per heavy atom. The number of nitrogens with one attached hydrogen (secondary N) is 1. The van der Waals surface area contributed by atoms with E-state index >= 15 is 0 Å². The second-order valence-corrected chi connectivity index (χ2v) is 9.87. The zero-order chi connectivity index (χ0) is 21.2. The molecule has 3 rings (SSSR count). The number of hydrogen-bond donors (Lipinski definition) is 1. The van der Waals surface area contributed by atoms with E-state index in [1.54, 1.807) is 33.1 Å². The number of anilines is 1. The summed E-state index contributed by atoms with van der Waals surface area (Å²) in [6, 6.07) is 11.4. The Morgan fingerprint density at radius 2 is 1.76 bits per heavy atom. The molecule has 6 heteroatoms. The number of sulfonamides is 1. The fraction of sp³-hybridized carbons (Fsp3) is 0.478. The van der Waals surface area contributed by atoms with Crippen molar-refractivity contribution in [2.45, 2.75) is 51.5 Å². The van der Waals surface area contributed by atoms with Gasteiger partial charge in [0, 0.05) is 24.8 Å². The molecule has 2 atom stereocenters. The van der Waals surface area contributed by atoms with Crippen molar-refractivity contribution >= 4 is 15.7 Å². The Labute approximate surface area is 175 Å². The normalized spacial score (nSPS) is 18.5. The second-order valence-electron chi connectivity index (χ2n) is 8.22. The smallest absolute Gasteiger partial charge is 0.241 e. The lowest BCUT2D eigenvalue weighted by Crippen LogP contribution is -2.34. The fourth-order valence-corrected chi connectivity index (χ4v) is 5.89. The number of benzene rings is 2. The zero-order valence-electron chi connectivity index (χ0n) is 18.0. The van der Waals surface area contributed by atoms with Crippen LogP contribution in [0.3, 0.4) is 0 Å². The summed E-state index contributed by atoms with van der Waals surface area (Å²) >= 11 is 0. The van der Waals surface area contributed by atoms with Crippen LogP contribution in [-0.4, -0.2) is 28.6 Å². The molecule has 0 amide bonds. The van der Waals surface area contributed by atoms with Crippen molar-refractivity contribution in [1.29, 1.82) is 0 Å². The summed E-state index contributed by atoms with van der Waals surface area (Å²) in [5.74, 6) is 1.37. The van der Waals surface area contributed by atoms with Crippen LogP contribution in [0.15, 0.2) is 41.3 Å². The summed E-state index contributed by atoms with van der Waals surface area (Å²) in [7, 11) is -2.07. The number of piperidine rings is 1. The molecule has 29 heavy (non-hydrogen) atoms. The molecule has 158 valence electrons. The summed E-state index contributed by atoms with van der Waals surface area (Å²) in [4.78, 5) is 2.74. The quantitative estimate of drug-likeness (QED) is 0.748. The van der Waals surface area contributed by atoms with E-state index in [1.807, 2.05) is 19.1 Å². The van der Waals surface area contributed by atoms with E-state index < -0.39 is 10.0 Å². The maximum absolute atomic E-state index is 13.0. The van der Waals surface area contributed by atoms with Crippen LogP contribution in [0.1, 0.15) is 49.4 Å². The second kappa shape index (κ2) is 8.76. The van der Waals surface area contributed by atoms with Gasteiger partial charge in [-0.3, -0.25) is 0 Å². The fourth-order valence-electron chi connectivity index (χ4n) is 4.21. The lowest BCUT2D eigenvalue weighted by molar-refractivity contribution is 0.413. The van der Waals surface area contributed by atoms with Gasteiger partial charge < -0.3 is 9.64 Å². The molecule has 1 aliphatic rings. The third-order valence-electron chi connectivity index (χ3n) is 5.69. The van der Waals surface area contributed by atoms with Gasteiger partial charge in [-0.25, -0.2) is 13.1 Å². The van der Waals surface area contributed by atoms with Gasteiger partial charge in [-0.2, -0.15) is 0 Å². The zero-order valence-corrected chi connectivity index (χ0v) is 18.8. The Balaban J connectivity index is 1.76. The van der Waals surface area contributed by atoms with Gasteiger partial charge in [0.1, 0.15) is 5.75 Å². The molecular formula is C23H32N2O3S. The molecule has 0 bridgehead atoms. The minimum Gasteiger partial charge on any atom is -0.497 e. The molecule has 5 nitrogen and oxygen atoms in total. The molecule has 1 aliphatic heterocycles. The van der Waals surface area contributed by atoms with E-state index in [-0.39, 0.29) is 6.04 Å². The molecule has 0 saturated carbocycles. The van der Waals surface area contributed by atoms with E-state index in [4.69, 9.17) is 4.74 Å². The van der Waals surface area contributed by atoms with Crippen LogP contribution in [0.4, 0.5) is 5.69 Å². The van der Waals surface area contributed by atoms with Crippen molar-refractivity contribution in [2.24, 2.45) is 5.92 Å². The first-order valence-electron chi connectivity index (χ1n) is 10.2. The average Bonchev–Trinajstić information content (AvgIpc) is 2.66. The maximum Gasteiger partial charge on any atom is 0.241 e. The highest BCUT2D eigenvalue weighted by Crippen LogP contribution is 2.28. The molecular weight excluding hydrogens is 384 g/mol. The van der Waals surface area contributed by atoms with Crippen LogP contribution in [0.25, 0.3) is 0 Å². The van der Waals surface area contributed by atoms with Crippen LogP contribution in [-0.2, 0) is 10.0 Å². The summed E-state index contributed by atoms with van der Waals surface area (Å²) in [6.45, 7) is 9.93. The summed E-state index contributed by atoms with van der Waals surface area (Å²) in [6.07, 6.45) is 2.51. The Morgan fingerprint density at radius 3 is 2.31 bits per heavy atom. The first kappa shape index (κ1) is 21.7. The lowest BCUT2D eigenvalue weighted by Gasteiger charge is -2.33. The Hall–Kier alpha value is -2.05. The summed E-state index contributed by atoms with van der Waals surface area (Å²) in [5, 5.41) is 0. The van der Waals surface area contributed by atoms with E-state index in [0.29, 0.717) is 27.7 Å². The topological polar surface area (TPSA) is 58.6 Å². The van der Waals surface area contributed by atoms with Crippen molar-refractivity contribution in [1.82, 2.24) is 4.72 Å².